The van der Waals surface area contributed by atoms with Gasteiger partial charge in [-0.25, -0.2) is 4.98 Å². The van der Waals surface area contributed by atoms with E-state index in [0.29, 0.717) is 24.7 Å². The van der Waals surface area contributed by atoms with Crippen LogP contribution in [-0.4, -0.2) is 37.2 Å². The highest BCUT2D eigenvalue weighted by Gasteiger charge is 2.12. The number of hydrogen-bond donors (Lipinski definition) is 3. The molecular formula is C11H17ClN4O2. The molecule has 4 N–H and O–H groups in total. The minimum Gasteiger partial charge on any atom is -0.399 e. The van der Waals surface area contributed by atoms with Crippen LogP contribution in [0, 0.1) is 0 Å². The number of aromatic nitrogens is 1. The topological polar surface area (TPSA) is 89.3 Å². The lowest BCUT2D eigenvalue weighted by Gasteiger charge is -2.14. The van der Waals surface area contributed by atoms with Gasteiger partial charge in [-0.05, 0) is 13.0 Å². The van der Waals surface area contributed by atoms with Gasteiger partial charge in [0, 0.05) is 25.4 Å². The van der Waals surface area contributed by atoms with E-state index in [4.69, 9.17) is 22.1 Å². The van der Waals surface area contributed by atoms with Crippen molar-refractivity contribution < 1.29 is 9.53 Å². The second-order valence-corrected chi connectivity index (χ2v) is 4.15. The van der Waals surface area contributed by atoms with Gasteiger partial charge in [0.15, 0.2) is 0 Å². The van der Waals surface area contributed by atoms with Crippen molar-refractivity contribution in [3.8, 4) is 0 Å². The van der Waals surface area contributed by atoms with Crippen LogP contribution in [-0.2, 0) is 9.53 Å². The van der Waals surface area contributed by atoms with Crippen molar-refractivity contribution in [2.45, 2.75) is 13.0 Å². The van der Waals surface area contributed by atoms with E-state index < -0.39 is 6.04 Å². The number of halogens is 1. The average molecular weight is 273 g/mol. The number of pyridine rings is 1. The number of carbonyl (C=O) groups excluding carboxylic acids is 1. The zero-order valence-corrected chi connectivity index (χ0v) is 11.1. The third-order valence-corrected chi connectivity index (χ3v) is 2.37. The predicted octanol–water partition coefficient (Wildman–Crippen LogP) is 0.880. The number of rotatable bonds is 6. The SMILES string of the molecule is COCCNC(=O)C(C)Nc1cc(N)cc(Cl)n1. The van der Waals surface area contributed by atoms with Crippen molar-refractivity contribution in [2.75, 3.05) is 31.3 Å². The molecule has 0 saturated carbocycles. The molecule has 0 aromatic carbocycles. The highest BCUT2D eigenvalue weighted by molar-refractivity contribution is 6.29. The Labute approximate surface area is 111 Å². The van der Waals surface area contributed by atoms with Crippen LogP contribution in [0.1, 0.15) is 6.92 Å². The summed E-state index contributed by atoms with van der Waals surface area (Å²) in [5.74, 6) is 0.321. The zero-order valence-electron chi connectivity index (χ0n) is 10.4. The van der Waals surface area contributed by atoms with Gasteiger partial charge in [-0.15, -0.1) is 0 Å². The molecule has 0 bridgehead atoms. The Kier molecular flexibility index (Phi) is 5.67. The fraction of sp³-hybridized carbons (Fsp3) is 0.455. The van der Waals surface area contributed by atoms with Crippen LogP contribution in [0.5, 0.6) is 0 Å². The van der Waals surface area contributed by atoms with Gasteiger partial charge in [-0.2, -0.15) is 0 Å². The number of anilines is 2. The predicted molar refractivity (Wildman–Crippen MR) is 71.6 cm³/mol. The third kappa shape index (κ3) is 4.77. The van der Waals surface area contributed by atoms with Crippen LogP contribution in [0.3, 0.4) is 0 Å². The molecule has 0 aliphatic rings. The summed E-state index contributed by atoms with van der Waals surface area (Å²) in [6.07, 6.45) is 0. The molecule has 1 heterocycles. The van der Waals surface area contributed by atoms with Gasteiger partial charge >= 0.3 is 0 Å². The van der Waals surface area contributed by atoms with Gasteiger partial charge < -0.3 is 21.1 Å². The monoisotopic (exact) mass is 272 g/mol. The van der Waals surface area contributed by atoms with Gasteiger partial charge in [0.25, 0.3) is 0 Å². The Bertz CT molecular complexity index is 394. The standard InChI is InChI=1S/C11H17ClN4O2/c1-7(11(17)14-3-4-18-2)15-10-6-8(13)5-9(12)16-10/h5-7H,3-4H2,1-2H3,(H,14,17)(H3,13,15,16). The summed E-state index contributed by atoms with van der Waals surface area (Å²) in [4.78, 5) is 15.7. The van der Waals surface area contributed by atoms with Crippen LogP contribution < -0.4 is 16.4 Å². The molecule has 1 rings (SSSR count). The summed E-state index contributed by atoms with van der Waals surface area (Å²) in [7, 11) is 1.58. The number of hydrogen-bond acceptors (Lipinski definition) is 5. The number of carbonyl (C=O) groups is 1. The molecule has 18 heavy (non-hydrogen) atoms. The van der Waals surface area contributed by atoms with E-state index in [1.807, 2.05) is 0 Å². The second-order valence-electron chi connectivity index (χ2n) is 3.76. The normalized spacial score (nSPS) is 11.9. The lowest BCUT2D eigenvalue weighted by atomic mass is 10.3. The molecule has 0 aliphatic carbocycles. The van der Waals surface area contributed by atoms with Crippen LogP contribution in [0.2, 0.25) is 5.15 Å². The highest BCUT2D eigenvalue weighted by Crippen LogP contribution is 2.16. The second kappa shape index (κ2) is 7.03. The molecular weight excluding hydrogens is 256 g/mol. The Morgan fingerprint density at radius 1 is 1.61 bits per heavy atom. The number of nitrogens with two attached hydrogens (primary N) is 1. The van der Waals surface area contributed by atoms with Crippen LogP contribution >= 0.6 is 11.6 Å². The maximum absolute atomic E-state index is 11.7. The first-order chi connectivity index (χ1) is 8.52. The molecule has 1 aromatic rings. The minimum atomic E-state index is -0.438. The van der Waals surface area contributed by atoms with E-state index in [-0.39, 0.29) is 11.1 Å². The van der Waals surface area contributed by atoms with Gasteiger partial charge in [0.2, 0.25) is 5.91 Å². The molecule has 7 heteroatoms. The molecule has 1 amide bonds. The van der Waals surface area contributed by atoms with Crippen molar-refractivity contribution in [1.82, 2.24) is 10.3 Å². The van der Waals surface area contributed by atoms with Crippen molar-refractivity contribution >= 4 is 29.0 Å². The third-order valence-electron chi connectivity index (χ3n) is 2.18. The molecule has 1 aromatic heterocycles. The minimum absolute atomic E-state index is 0.146. The summed E-state index contributed by atoms with van der Waals surface area (Å²) < 4.78 is 4.84. The molecule has 0 aliphatic heterocycles. The van der Waals surface area contributed by atoms with Gasteiger partial charge in [-0.3, -0.25) is 4.79 Å². The first-order valence-corrected chi connectivity index (χ1v) is 5.87. The molecule has 0 fully saturated rings. The van der Waals surface area contributed by atoms with Crippen LogP contribution in [0.25, 0.3) is 0 Å². The van der Waals surface area contributed by atoms with Crippen molar-refractivity contribution in [3.63, 3.8) is 0 Å². The largest absolute Gasteiger partial charge is 0.399 e. The quantitative estimate of drug-likeness (QED) is 0.528. The molecule has 0 spiro atoms. The molecule has 0 radical (unpaired) electrons. The fourth-order valence-electron chi connectivity index (χ4n) is 1.31. The number of amides is 1. The lowest BCUT2D eigenvalue weighted by Crippen LogP contribution is -2.39. The van der Waals surface area contributed by atoms with Crippen LogP contribution in [0.4, 0.5) is 11.5 Å². The van der Waals surface area contributed by atoms with Crippen molar-refractivity contribution in [2.24, 2.45) is 0 Å². The summed E-state index contributed by atoms with van der Waals surface area (Å²) in [6, 6.07) is 2.72. The van der Waals surface area contributed by atoms with E-state index >= 15 is 0 Å². The smallest absolute Gasteiger partial charge is 0.242 e. The number of nitrogen functional groups attached to an aromatic ring is 1. The number of methoxy groups -OCH3 is 1. The molecule has 0 saturated heterocycles. The zero-order chi connectivity index (χ0) is 13.5. The van der Waals surface area contributed by atoms with Crippen molar-refractivity contribution in [1.29, 1.82) is 0 Å². The van der Waals surface area contributed by atoms with Gasteiger partial charge in [-0.1, -0.05) is 11.6 Å². The van der Waals surface area contributed by atoms with Gasteiger partial charge in [0.1, 0.15) is 17.0 Å². The number of ether oxygens (including phenoxy) is 1. The van der Waals surface area contributed by atoms with E-state index in [2.05, 4.69) is 15.6 Å². The Balaban J connectivity index is 2.52. The van der Waals surface area contributed by atoms with Crippen molar-refractivity contribution in [3.05, 3.63) is 17.3 Å². The number of nitrogens with one attached hydrogen (secondary N) is 2. The average Bonchev–Trinajstić information content (AvgIpc) is 2.27. The Morgan fingerprint density at radius 2 is 2.33 bits per heavy atom. The van der Waals surface area contributed by atoms with E-state index in [1.54, 1.807) is 20.1 Å². The van der Waals surface area contributed by atoms with E-state index in [9.17, 15) is 4.79 Å². The molecule has 1 atom stereocenters. The first kappa shape index (κ1) is 14.5. The van der Waals surface area contributed by atoms with Crippen LogP contribution in [0.15, 0.2) is 12.1 Å². The summed E-state index contributed by atoms with van der Waals surface area (Å²) >= 11 is 5.77. The molecule has 1 unspecified atom stereocenters. The van der Waals surface area contributed by atoms with Gasteiger partial charge in [0.05, 0.1) is 6.61 Å². The number of nitrogens with zero attached hydrogens (tertiary/aromatic N) is 1. The lowest BCUT2D eigenvalue weighted by molar-refractivity contribution is -0.121. The summed E-state index contributed by atoms with van der Waals surface area (Å²) in [5, 5.41) is 5.92. The molecule has 100 valence electrons. The maximum Gasteiger partial charge on any atom is 0.242 e. The summed E-state index contributed by atoms with van der Waals surface area (Å²) in [6.45, 7) is 2.66. The maximum atomic E-state index is 11.7. The first-order valence-electron chi connectivity index (χ1n) is 5.49. The van der Waals surface area contributed by atoms with E-state index in [1.165, 1.54) is 6.07 Å². The van der Waals surface area contributed by atoms with E-state index in [0.717, 1.165) is 0 Å². The Morgan fingerprint density at radius 3 is 2.94 bits per heavy atom. The Hall–Kier alpha value is -1.53. The molecule has 6 nitrogen and oxygen atoms in total. The summed E-state index contributed by atoms with van der Waals surface area (Å²) in [5.41, 5.74) is 6.12. The fourth-order valence-corrected chi connectivity index (χ4v) is 1.52. The highest BCUT2D eigenvalue weighted by atomic mass is 35.5.